The van der Waals surface area contributed by atoms with Crippen LogP contribution in [0.15, 0.2) is 66.7 Å². The summed E-state index contributed by atoms with van der Waals surface area (Å²) in [6.45, 7) is 2.89. The molecule has 0 saturated carbocycles. The van der Waals surface area contributed by atoms with Crippen LogP contribution in [-0.4, -0.2) is 51.4 Å². The SMILES string of the molecule is CCOC(=O)N1CCC(N(c2cccc3c(C(=O)N(Cl)c4ccccc4)cccc23)S(=O)O)CC1. The molecule has 4 rings (SSSR count). The summed E-state index contributed by atoms with van der Waals surface area (Å²) in [6.07, 6.45) is 0.632. The van der Waals surface area contributed by atoms with E-state index in [1.54, 1.807) is 66.4 Å². The zero-order chi connectivity index (χ0) is 24.9. The van der Waals surface area contributed by atoms with Gasteiger partial charge in [0.05, 0.1) is 18.0 Å². The number of fused-ring (bicyclic) bond motifs is 1. The number of carbonyl (C=O) groups is 2. The molecule has 184 valence electrons. The monoisotopic (exact) mass is 515 g/mol. The summed E-state index contributed by atoms with van der Waals surface area (Å²) in [5.41, 5.74) is 1.45. The van der Waals surface area contributed by atoms with Crippen LogP contribution in [0.3, 0.4) is 0 Å². The van der Waals surface area contributed by atoms with Gasteiger partial charge in [-0.25, -0.2) is 13.4 Å². The van der Waals surface area contributed by atoms with Crippen molar-refractivity contribution in [1.29, 1.82) is 0 Å². The zero-order valence-electron chi connectivity index (χ0n) is 19.2. The van der Waals surface area contributed by atoms with Gasteiger partial charge in [0, 0.05) is 41.9 Å². The molecule has 10 heteroatoms. The second-order valence-corrected chi connectivity index (χ2v) is 9.27. The van der Waals surface area contributed by atoms with Crippen molar-refractivity contribution in [2.75, 3.05) is 28.4 Å². The summed E-state index contributed by atoms with van der Waals surface area (Å²) in [5, 5.41) is 1.28. The molecule has 0 bridgehead atoms. The molecule has 3 aromatic rings. The fraction of sp³-hybridized carbons (Fsp3) is 0.280. The van der Waals surface area contributed by atoms with Gasteiger partial charge in [-0.2, -0.15) is 0 Å². The molecule has 1 saturated heterocycles. The molecule has 35 heavy (non-hydrogen) atoms. The summed E-state index contributed by atoms with van der Waals surface area (Å²) in [6, 6.07) is 19.2. The van der Waals surface area contributed by atoms with Gasteiger partial charge >= 0.3 is 6.09 Å². The van der Waals surface area contributed by atoms with Gasteiger partial charge in [-0.05, 0) is 49.4 Å². The molecule has 1 N–H and O–H groups in total. The number of piperidine rings is 1. The van der Waals surface area contributed by atoms with Gasteiger partial charge in [0.15, 0.2) is 0 Å². The third kappa shape index (κ3) is 5.27. The zero-order valence-corrected chi connectivity index (χ0v) is 20.7. The van der Waals surface area contributed by atoms with Crippen molar-refractivity contribution in [3.63, 3.8) is 0 Å². The number of halogens is 1. The number of ether oxygens (including phenoxy) is 1. The summed E-state index contributed by atoms with van der Waals surface area (Å²) >= 11 is 4.06. The standard InChI is InChI=1S/C25H26ClN3O5S/c1-2-34-25(31)27-16-14-19(15-17-27)29(35(32)33)23-13-7-10-20-21(23)11-6-12-22(20)24(30)28(26)18-8-4-3-5-9-18/h3-13,19H,2,14-17H2,1H3,(H,32,33). The van der Waals surface area contributed by atoms with E-state index in [1.807, 2.05) is 12.1 Å². The van der Waals surface area contributed by atoms with Gasteiger partial charge in [-0.15, -0.1) is 0 Å². The molecule has 1 heterocycles. The van der Waals surface area contributed by atoms with Crippen LogP contribution in [0, 0.1) is 0 Å². The lowest BCUT2D eigenvalue weighted by molar-refractivity contribution is 0.0974. The highest BCUT2D eigenvalue weighted by atomic mass is 35.5. The number of carbonyl (C=O) groups excluding carboxylic acids is 2. The number of anilines is 2. The molecule has 3 aromatic carbocycles. The minimum absolute atomic E-state index is 0.273. The average Bonchev–Trinajstić information content (AvgIpc) is 2.88. The van der Waals surface area contributed by atoms with Crippen molar-refractivity contribution < 1.29 is 23.1 Å². The van der Waals surface area contributed by atoms with Crippen LogP contribution in [0.1, 0.15) is 30.1 Å². The maximum absolute atomic E-state index is 13.3. The Morgan fingerprint density at radius 1 is 1.03 bits per heavy atom. The Hall–Kier alpha value is -3.14. The van der Waals surface area contributed by atoms with Crippen molar-refractivity contribution in [2.45, 2.75) is 25.8 Å². The minimum atomic E-state index is -2.31. The number of amides is 2. The molecule has 0 aromatic heterocycles. The van der Waals surface area contributed by atoms with Gasteiger partial charge in [0.25, 0.3) is 17.2 Å². The smallest absolute Gasteiger partial charge is 0.409 e. The van der Waals surface area contributed by atoms with E-state index in [4.69, 9.17) is 16.5 Å². The third-order valence-electron chi connectivity index (χ3n) is 6.02. The molecule has 0 spiro atoms. The van der Waals surface area contributed by atoms with Gasteiger partial charge in [-0.3, -0.25) is 13.7 Å². The topological polar surface area (TPSA) is 90.4 Å². The Balaban J connectivity index is 1.66. The Kier molecular flexibility index (Phi) is 7.90. The molecular formula is C25H26ClN3O5S. The largest absolute Gasteiger partial charge is 0.450 e. The van der Waals surface area contributed by atoms with Gasteiger partial charge in [0.2, 0.25) is 0 Å². The first-order valence-corrected chi connectivity index (χ1v) is 12.7. The normalized spacial score (nSPS) is 15.0. The first-order valence-electron chi connectivity index (χ1n) is 11.3. The van der Waals surface area contributed by atoms with Crippen LogP contribution in [0.2, 0.25) is 0 Å². The first kappa shape index (κ1) is 25.0. The molecular weight excluding hydrogens is 490 g/mol. The fourth-order valence-corrected chi connectivity index (χ4v) is 5.36. The first-order chi connectivity index (χ1) is 16.9. The van der Waals surface area contributed by atoms with Crippen LogP contribution in [0.4, 0.5) is 16.2 Å². The van der Waals surface area contributed by atoms with Crippen molar-refractivity contribution >= 4 is 57.2 Å². The summed E-state index contributed by atoms with van der Waals surface area (Å²) in [5.74, 6) is -0.403. The number of hydrogen-bond acceptors (Lipinski definition) is 4. The summed E-state index contributed by atoms with van der Waals surface area (Å²) < 4.78 is 30.3. The minimum Gasteiger partial charge on any atom is -0.450 e. The Bertz CT molecular complexity index is 1230. The van der Waals surface area contributed by atoms with E-state index in [9.17, 15) is 18.4 Å². The molecule has 1 aliphatic rings. The number of nitrogens with zero attached hydrogens (tertiary/aromatic N) is 3. The number of likely N-dealkylation sites (tertiary alicyclic amines) is 1. The second-order valence-electron chi connectivity index (χ2n) is 8.07. The molecule has 2 amide bonds. The molecule has 1 fully saturated rings. The van der Waals surface area contributed by atoms with Crippen LogP contribution < -0.4 is 8.72 Å². The van der Waals surface area contributed by atoms with Crippen LogP contribution >= 0.6 is 11.8 Å². The third-order valence-corrected chi connectivity index (χ3v) is 7.20. The lowest BCUT2D eigenvalue weighted by atomic mass is 10.00. The quantitative estimate of drug-likeness (QED) is 0.360. The van der Waals surface area contributed by atoms with Crippen molar-refractivity contribution in [3.8, 4) is 0 Å². The van der Waals surface area contributed by atoms with E-state index in [-0.39, 0.29) is 12.1 Å². The Morgan fingerprint density at radius 3 is 2.34 bits per heavy atom. The van der Waals surface area contributed by atoms with Gasteiger partial charge in [0.1, 0.15) is 0 Å². The molecule has 0 radical (unpaired) electrons. The van der Waals surface area contributed by atoms with E-state index >= 15 is 0 Å². The number of rotatable bonds is 6. The number of benzene rings is 3. The van der Waals surface area contributed by atoms with E-state index < -0.39 is 17.2 Å². The van der Waals surface area contributed by atoms with Crippen molar-refractivity contribution in [3.05, 3.63) is 72.3 Å². The number of hydrogen-bond donors (Lipinski definition) is 1. The summed E-state index contributed by atoms with van der Waals surface area (Å²) in [7, 11) is 0. The van der Waals surface area contributed by atoms with E-state index in [2.05, 4.69) is 0 Å². The Labute approximate surface area is 211 Å². The van der Waals surface area contributed by atoms with E-state index in [0.717, 1.165) is 4.42 Å². The van der Waals surface area contributed by atoms with Crippen LogP contribution in [0.5, 0.6) is 0 Å². The molecule has 0 aliphatic carbocycles. The number of para-hydroxylation sites is 1. The van der Waals surface area contributed by atoms with Gasteiger partial charge in [-0.1, -0.05) is 42.5 Å². The highest BCUT2D eigenvalue weighted by Crippen LogP contribution is 2.34. The Morgan fingerprint density at radius 2 is 1.69 bits per heavy atom. The maximum Gasteiger partial charge on any atom is 0.409 e. The average molecular weight is 516 g/mol. The van der Waals surface area contributed by atoms with E-state index in [1.165, 1.54) is 4.31 Å². The second kappa shape index (κ2) is 11.1. The predicted octanol–water partition coefficient (Wildman–Crippen LogP) is 5.20. The summed E-state index contributed by atoms with van der Waals surface area (Å²) in [4.78, 5) is 26.9. The molecule has 8 nitrogen and oxygen atoms in total. The highest BCUT2D eigenvalue weighted by Gasteiger charge is 2.31. The lowest BCUT2D eigenvalue weighted by Gasteiger charge is -2.37. The predicted molar refractivity (Wildman–Crippen MR) is 138 cm³/mol. The van der Waals surface area contributed by atoms with Crippen molar-refractivity contribution in [1.82, 2.24) is 4.90 Å². The van der Waals surface area contributed by atoms with E-state index in [0.29, 0.717) is 60.2 Å². The fourth-order valence-electron chi connectivity index (χ4n) is 4.36. The van der Waals surface area contributed by atoms with Gasteiger partial charge < -0.3 is 9.64 Å². The van der Waals surface area contributed by atoms with Crippen molar-refractivity contribution in [2.24, 2.45) is 0 Å². The molecule has 1 unspecified atom stereocenters. The van der Waals surface area contributed by atoms with Crippen LogP contribution in [0.25, 0.3) is 10.8 Å². The molecule has 1 aliphatic heterocycles. The molecule has 1 atom stereocenters. The maximum atomic E-state index is 13.3. The highest BCUT2D eigenvalue weighted by molar-refractivity contribution is 7.80. The lowest BCUT2D eigenvalue weighted by Crippen LogP contribution is -2.47. The van der Waals surface area contributed by atoms with Crippen LogP contribution in [-0.2, 0) is 16.0 Å².